The fourth-order valence-electron chi connectivity index (χ4n) is 1.30. The second-order valence-electron chi connectivity index (χ2n) is 4.91. The summed E-state index contributed by atoms with van der Waals surface area (Å²) in [5, 5.41) is 13.5. The quantitative estimate of drug-likeness (QED) is 0.712. The summed E-state index contributed by atoms with van der Waals surface area (Å²) in [5.41, 5.74) is 4.32. The number of rotatable bonds is 7. The molecule has 5 nitrogen and oxygen atoms in total. The van der Waals surface area contributed by atoms with E-state index in [9.17, 15) is 9.90 Å². The Morgan fingerprint density at radius 1 is 1.50 bits per heavy atom. The lowest BCUT2D eigenvalue weighted by Gasteiger charge is -2.24. The number of ether oxygens (including phenoxy) is 1. The van der Waals surface area contributed by atoms with Crippen LogP contribution in [0.25, 0.3) is 0 Å². The van der Waals surface area contributed by atoms with Gasteiger partial charge in [0.2, 0.25) is 5.91 Å². The van der Waals surface area contributed by atoms with Gasteiger partial charge in [0.15, 0.2) is 0 Å². The van der Waals surface area contributed by atoms with Crippen molar-refractivity contribution in [2.24, 2.45) is 5.73 Å². The summed E-state index contributed by atoms with van der Waals surface area (Å²) in [7, 11) is 0. The van der Waals surface area contributed by atoms with Crippen molar-refractivity contribution >= 4 is 29.1 Å². The van der Waals surface area contributed by atoms with Crippen LogP contribution in [0.1, 0.15) is 13.8 Å². The predicted octanol–water partition coefficient (Wildman–Crippen LogP) is 1.59. The normalized spacial score (nSPS) is 13.1. The molecular weight excluding hydrogens is 303 g/mol. The summed E-state index contributed by atoms with van der Waals surface area (Å²) in [6.07, 6.45) is -0.805. The number of amides is 1. The molecule has 0 fully saturated rings. The molecule has 0 aromatic heterocycles. The van der Waals surface area contributed by atoms with Gasteiger partial charge in [-0.15, -0.1) is 0 Å². The van der Waals surface area contributed by atoms with Gasteiger partial charge in [-0.2, -0.15) is 0 Å². The molecule has 0 aliphatic carbocycles. The molecule has 1 rings (SSSR count). The lowest BCUT2D eigenvalue weighted by atomic mass is 10.1. The molecule has 1 aromatic carbocycles. The van der Waals surface area contributed by atoms with E-state index >= 15 is 0 Å². The number of benzene rings is 1. The molecule has 0 aliphatic rings. The molecule has 1 unspecified atom stereocenters. The number of primary amides is 1. The summed E-state index contributed by atoms with van der Waals surface area (Å²) < 4.78 is 5.38. The second kappa shape index (κ2) is 7.13. The largest absolute Gasteiger partial charge is 0.489 e. The van der Waals surface area contributed by atoms with E-state index < -0.39 is 17.6 Å². The third-order valence-corrected chi connectivity index (χ3v) is 3.25. The minimum Gasteiger partial charge on any atom is -0.489 e. The van der Waals surface area contributed by atoms with Crippen LogP contribution >= 0.6 is 23.2 Å². The van der Waals surface area contributed by atoms with Crippen molar-refractivity contribution in [3.05, 3.63) is 28.2 Å². The minimum absolute atomic E-state index is 0.0309. The summed E-state index contributed by atoms with van der Waals surface area (Å²) in [6.45, 7) is 3.47. The first kappa shape index (κ1) is 17.0. The van der Waals surface area contributed by atoms with Gasteiger partial charge < -0.3 is 20.9 Å². The predicted molar refractivity (Wildman–Crippen MR) is 79.2 cm³/mol. The number of aliphatic hydroxyl groups excluding tert-OH is 1. The maximum absolute atomic E-state index is 11.1. The third-order valence-electron chi connectivity index (χ3n) is 2.72. The fraction of sp³-hybridized carbons (Fsp3) is 0.462. The highest BCUT2D eigenvalue weighted by Gasteiger charge is 2.24. The van der Waals surface area contributed by atoms with Crippen LogP contribution in [-0.4, -0.2) is 35.8 Å². The highest BCUT2D eigenvalue weighted by Crippen LogP contribution is 2.27. The van der Waals surface area contributed by atoms with Crippen LogP contribution < -0.4 is 15.8 Å². The number of carbonyl (C=O) groups is 1. The molecule has 1 amide bonds. The van der Waals surface area contributed by atoms with Gasteiger partial charge in [-0.3, -0.25) is 4.79 Å². The van der Waals surface area contributed by atoms with Gasteiger partial charge in [-0.1, -0.05) is 23.2 Å². The van der Waals surface area contributed by atoms with Gasteiger partial charge >= 0.3 is 0 Å². The number of nitrogens with one attached hydrogen (secondary N) is 1. The summed E-state index contributed by atoms with van der Waals surface area (Å²) in [6, 6.07) is 4.82. The summed E-state index contributed by atoms with van der Waals surface area (Å²) >= 11 is 11.7. The van der Waals surface area contributed by atoms with Gasteiger partial charge in [-0.25, -0.2) is 0 Å². The highest BCUT2D eigenvalue weighted by molar-refractivity contribution is 6.35. The molecule has 20 heavy (non-hydrogen) atoms. The lowest BCUT2D eigenvalue weighted by Crippen LogP contribution is -2.53. The molecule has 0 saturated heterocycles. The van der Waals surface area contributed by atoms with E-state index in [-0.39, 0.29) is 13.2 Å². The Morgan fingerprint density at radius 2 is 2.15 bits per heavy atom. The maximum atomic E-state index is 11.1. The van der Waals surface area contributed by atoms with Crippen LogP contribution in [0.15, 0.2) is 18.2 Å². The Hall–Kier alpha value is -1.01. The number of hydrogen-bond donors (Lipinski definition) is 3. The molecule has 0 radical (unpaired) electrons. The van der Waals surface area contributed by atoms with Gasteiger partial charge in [0.25, 0.3) is 0 Å². The number of nitrogens with two attached hydrogens (primary N) is 1. The number of β-amino-alcohol motifs (C(OH)–C–C–N with tert-alkyl or cyclic N) is 1. The summed E-state index contributed by atoms with van der Waals surface area (Å²) in [4.78, 5) is 11.1. The third kappa shape index (κ3) is 5.17. The van der Waals surface area contributed by atoms with Crippen molar-refractivity contribution in [2.45, 2.75) is 25.5 Å². The SMILES string of the molecule is CC(C)(NCC(O)COc1ccc(Cl)cc1Cl)C(N)=O. The van der Waals surface area contributed by atoms with E-state index in [4.69, 9.17) is 33.7 Å². The number of halogens is 2. The Bertz CT molecular complexity index is 481. The molecule has 112 valence electrons. The maximum Gasteiger partial charge on any atom is 0.237 e. The number of hydrogen-bond acceptors (Lipinski definition) is 4. The van der Waals surface area contributed by atoms with Crippen molar-refractivity contribution < 1.29 is 14.6 Å². The minimum atomic E-state index is -0.890. The Balaban J connectivity index is 2.44. The van der Waals surface area contributed by atoms with Crippen LogP contribution in [0.4, 0.5) is 0 Å². The van der Waals surface area contributed by atoms with Crippen LogP contribution in [0.5, 0.6) is 5.75 Å². The molecule has 0 aliphatic heterocycles. The van der Waals surface area contributed by atoms with Crippen LogP contribution in [0.2, 0.25) is 10.0 Å². The van der Waals surface area contributed by atoms with Gasteiger partial charge in [0.1, 0.15) is 18.5 Å². The Kier molecular flexibility index (Phi) is 6.07. The average molecular weight is 321 g/mol. The Morgan fingerprint density at radius 3 is 2.70 bits per heavy atom. The fourth-order valence-corrected chi connectivity index (χ4v) is 1.76. The smallest absolute Gasteiger partial charge is 0.237 e. The highest BCUT2D eigenvalue weighted by atomic mass is 35.5. The average Bonchev–Trinajstić information content (AvgIpc) is 2.35. The van der Waals surface area contributed by atoms with E-state index in [0.29, 0.717) is 15.8 Å². The van der Waals surface area contributed by atoms with Gasteiger partial charge in [-0.05, 0) is 32.0 Å². The zero-order valence-corrected chi connectivity index (χ0v) is 12.8. The van der Waals surface area contributed by atoms with Crippen molar-refractivity contribution in [1.82, 2.24) is 5.32 Å². The van der Waals surface area contributed by atoms with Crippen molar-refractivity contribution in [3.63, 3.8) is 0 Å². The van der Waals surface area contributed by atoms with Gasteiger partial charge in [0, 0.05) is 11.6 Å². The van der Waals surface area contributed by atoms with Crippen molar-refractivity contribution in [1.29, 1.82) is 0 Å². The van der Waals surface area contributed by atoms with Crippen LogP contribution in [0, 0.1) is 0 Å². The van der Waals surface area contributed by atoms with Gasteiger partial charge in [0.05, 0.1) is 10.6 Å². The lowest BCUT2D eigenvalue weighted by molar-refractivity contribution is -0.123. The molecular formula is C13H18Cl2N2O3. The van der Waals surface area contributed by atoms with E-state index in [1.54, 1.807) is 32.0 Å². The molecule has 0 bridgehead atoms. The van der Waals surface area contributed by atoms with E-state index in [2.05, 4.69) is 5.32 Å². The first-order valence-corrected chi connectivity index (χ1v) is 6.79. The zero-order valence-electron chi connectivity index (χ0n) is 11.3. The molecule has 0 saturated carbocycles. The Labute approximate surface area is 128 Å². The van der Waals surface area contributed by atoms with E-state index in [1.807, 2.05) is 0 Å². The summed E-state index contributed by atoms with van der Waals surface area (Å²) in [5.74, 6) is -0.0596. The number of aliphatic hydroxyl groups is 1. The zero-order chi connectivity index (χ0) is 15.3. The topological polar surface area (TPSA) is 84.6 Å². The molecule has 1 atom stereocenters. The second-order valence-corrected chi connectivity index (χ2v) is 5.75. The van der Waals surface area contributed by atoms with Crippen molar-refractivity contribution in [3.8, 4) is 5.75 Å². The van der Waals surface area contributed by atoms with E-state index in [1.165, 1.54) is 0 Å². The molecule has 7 heteroatoms. The van der Waals surface area contributed by atoms with Crippen molar-refractivity contribution in [2.75, 3.05) is 13.2 Å². The molecule has 0 heterocycles. The molecule has 4 N–H and O–H groups in total. The van der Waals surface area contributed by atoms with E-state index in [0.717, 1.165) is 0 Å². The standard InChI is InChI=1S/C13H18Cl2N2O3/c1-13(2,12(16)19)17-6-9(18)7-20-11-4-3-8(14)5-10(11)15/h3-5,9,17-18H,6-7H2,1-2H3,(H2,16,19). The first-order valence-electron chi connectivity index (χ1n) is 6.03. The monoisotopic (exact) mass is 320 g/mol. The number of carbonyl (C=O) groups excluding carboxylic acids is 1. The molecule has 1 aromatic rings. The van der Waals surface area contributed by atoms with Crippen LogP contribution in [0.3, 0.4) is 0 Å². The first-order chi connectivity index (χ1) is 9.22. The van der Waals surface area contributed by atoms with Crippen LogP contribution in [-0.2, 0) is 4.79 Å². The molecule has 0 spiro atoms.